The van der Waals surface area contributed by atoms with Gasteiger partial charge in [0.25, 0.3) is 0 Å². The number of hydrogen-bond acceptors (Lipinski definition) is 2. The van der Waals surface area contributed by atoms with Gasteiger partial charge in [-0.25, -0.2) is 0 Å². The van der Waals surface area contributed by atoms with E-state index in [-0.39, 0.29) is 0 Å². The van der Waals surface area contributed by atoms with Crippen molar-refractivity contribution in [2.45, 2.75) is 21.7 Å². The van der Waals surface area contributed by atoms with Crippen LogP contribution in [0.25, 0.3) is 9.75 Å². The van der Waals surface area contributed by atoms with Crippen LogP contribution in [-0.2, 0) is 0 Å². The zero-order chi connectivity index (χ0) is 12.8. The van der Waals surface area contributed by atoms with Gasteiger partial charge in [0.2, 0.25) is 0 Å². The van der Waals surface area contributed by atoms with E-state index in [1.165, 1.54) is 23.6 Å². The van der Waals surface area contributed by atoms with Gasteiger partial charge in [-0.3, -0.25) is 0 Å². The minimum atomic E-state index is -1.94. The van der Waals surface area contributed by atoms with E-state index in [4.69, 9.17) is 0 Å². The zero-order valence-corrected chi connectivity index (χ0v) is 17.9. The van der Waals surface area contributed by atoms with Gasteiger partial charge in [0, 0.05) is 0 Å². The fourth-order valence-corrected chi connectivity index (χ4v) is 11.5. The monoisotopic (exact) mass is 500 g/mol. The molecule has 0 aliphatic rings. The average molecular weight is 501 g/mol. The normalized spacial score (nSPS) is 12.1. The molecule has 92 valence electrons. The van der Waals surface area contributed by atoms with Gasteiger partial charge in [-0.1, -0.05) is 0 Å². The fraction of sp³-hybridized carbons (Fsp3) is 0.333. The fourth-order valence-electron chi connectivity index (χ4n) is 1.53. The van der Waals surface area contributed by atoms with Crippen LogP contribution in [0.3, 0.4) is 0 Å². The molecule has 17 heavy (non-hydrogen) atoms. The van der Waals surface area contributed by atoms with Crippen LogP contribution in [0.15, 0.2) is 21.1 Å². The molecule has 2 rings (SSSR count). The Labute approximate surface area is 132 Å². The van der Waals surface area contributed by atoms with Gasteiger partial charge in [-0.2, -0.15) is 0 Å². The predicted octanol–water partition coefficient (Wildman–Crippen LogP) is 5.86. The van der Waals surface area contributed by atoms with Gasteiger partial charge in [-0.05, 0) is 0 Å². The average Bonchev–Trinajstić information content (AvgIpc) is 2.68. The van der Waals surface area contributed by atoms with Crippen molar-refractivity contribution in [3.8, 4) is 9.75 Å². The van der Waals surface area contributed by atoms with Crippen LogP contribution in [0, 0.1) is 6.92 Å². The number of halogens is 2. The maximum absolute atomic E-state index is 3.72. The molecule has 0 spiro atoms. The summed E-state index contributed by atoms with van der Waals surface area (Å²) in [5.74, 6) is 0. The van der Waals surface area contributed by atoms with Crippen LogP contribution in [-0.4, -0.2) is 18.4 Å². The Morgan fingerprint density at radius 1 is 0.941 bits per heavy atom. The molecule has 0 fully saturated rings. The molecule has 0 aromatic carbocycles. The van der Waals surface area contributed by atoms with E-state index in [1.54, 1.807) is 2.89 Å². The summed E-state index contributed by atoms with van der Waals surface area (Å²) >= 11 is 9.28. The van der Waals surface area contributed by atoms with Crippen molar-refractivity contribution in [1.29, 1.82) is 0 Å². The van der Waals surface area contributed by atoms with Crippen molar-refractivity contribution in [1.82, 2.24) is 0 Å². The second kappa shape index (κ2) is 5.27. The van der Waals surface area contributed by atoms with Crippen molar-refractivity contribution >= 4 is 75.8 Å². The molecule has 0 saturated carbocycles. The van der Waals surface area contributed by atoms with E-state index in [0.717, 1.165) is 0 Å². The SMILES string of the molecule is Cc1cc(Br)c(-c2s[c]([Sn]([CH3])([CH3])[CH3])cc2Br)s1. The molecule has 0 bridgehead atoms. The Balaban J connectivity index is 2.54. The van der Waals surface area contributed by atoms with Crippen LogP contribution in [0.4, 0.5) is 0 Å². The van der Waals surface area contributed by atoms with Crippen molar-refractivity contribution in [3.05, 3.63) is 26.0 Å². The molecular formula is C12H14Br2S2Sn. The van der Waals surface area contributed by atoms with Crippen molar-refractivity contribution in [2.75, 3.05) is 0 Å². The molecule has 2 aromatic heterocycles. The summed E-state index contributed by atoms with van der Waals surface area (Å²) in [5.41, 5.74) is 0. The van der Waals surface area contributed by atoms with E-state index in [0.29, 0.717) is 0 Å². The zero-order valence-electron chi connectivity index (χ0n) is 10.2. The molecule has 0 N–H and O–H groups in total. The van der Waals surface area contributed by atoms with E-state index < -0.39 is 18.4 Å². The van der Waals surface area contributed by atoms with E-state index in [9.17, 15) is 0 Å². The summed E-state index contributed by atoms with van der Waals surface area (Å²) in [6.45, 7) is 2.16. The number of aryl methyl sites for hydroxylation is 1. The summed E-state index contributed by atoms with van der Waals surface area (Å²) in [5, 5.41) is 0. The minimum absolute atomic E-state index is 1.22. The third-order valence-electron chi connectivity index (χ3n) is 2.44. The van der Waals surface area contributed by atoms with Gasteiger partial charge >= 0.3 is 133 Å². The first kappa shape index (κ1) is 14.6. The third-order valence-corrected chi connectivity index (χ3v) is 16.0. The molecule has 0 aliphatic carbocycles. The number of rotatable bonds is 2. The molecule has 0 amide bonds. The molecule has 0 atom stereocenters. The quantitative estimate of drug-likeness (QED) is 0.453. The molecule has 0 nitrogen and oxygen atoms in total. The Hall–Kier alpha value is 1.16. The molecule has 2 heterocycles. The molecule has 2 aromatic rings. The predicted molar refractivity (Wildman–Crippen MR) is 90.7 cm³/mol. The second-order valence-electron chi connectivity index (χ2n) is 5.07. The van der Waals surface area contributed by atoms with E-state index in [1.807, 2.05) is 22.7 Å². The second-order valence-corrected chi connectivity index (χ2v) is 24.5. The van der Waals surface area contributed by atoms with Gasteiger partial charge < -0.3 is 0 Å². The first-order chi connectivity index (χ1) is 7.79. The Bertz CT molecular complexity index is 549. The first-order valence-corrected chi connectivity index (χ1v) is 18.6. The van der Waals surface area contributed by atoms with Gasteiger partial charge in [-0.15, -0.1) is 0 Å². The van der Waals surface area contributed by atoms with Crippen LogP contribution < -0.4 is 2.89 Å². The van der Waals surface area contributed by atoms with Crippen molar-refractivity contribution in [2.24, 2.45) is 0 Å². The van der Waals surface area contributed by atoms with E-state index >= 15 is 0 Å². The number of thiophene rings is 2. The van der Waals surface area contributed by atoms with Gasteiger partial charge in [0.15, 0.2) is 0 Å². The first-order valence-electron chi connectivity index (χ1n) is 5.35. The van der Waals surface area contributed by atoms with Crippen molar-refractivity contribution in [3.63, 3.8) is 0 Å². The molecule has 5 heteroatoms. The third kappa shape index (κ3) is 3.19. The molecule has 0 saturated heterocycles. The Morgan fingerprint density at radius 3 is 1.88 bits per heavy atom. The van der Waals surface area contributed by atoms with Crippen LogP contribution in [0.2, 0.25) is 14.8 Å². The van der Waals surface area contributed by atoms with E-state index in [2.05, 4.69) is 65.7 Å². The molecule has 0 aliphatic heterocycles. The van der Waals surface area contributed by atoms with Gasteiger partial charge in [0.05, 0.1) is 0 Å². The summed E-state index contributed by atoms with van der Waals surface area (Å²) in [7, 11) is 0. The number of hydrogen-bond donors (Lipinski definition) is 0. The Kier molecular flexibility index (Phi) is 4.51. The summed E-state index contributed by atoms with van der Waals surface area (Å²) in [4.78, 5) is 11.5. The van der Waals surface area contributed by atoms with Crippen LogP contribution >= 0.6 is 54.5 Å². The van der Waals surface area contributed by atoms with Crippen LogP contribution in [0.5, 0.6) is 0 Å². The maximum atomic E-state index is 3.72. The Morgan fingerprint density at radius 2 is 1.47 bits per heavy atom. The topological polar surface area (TPSA) is 0 Å². The van der Waals surface area contributed by atoms with Gasteiger partial charge in [0.1, 0.15) is 0 Å². The summed E-state index contributed by atoms with van der Waals surface area (Å²) in [6, 6.07) is 4.55. The standard InChI is InChI=1S/C9H5Br2S2.3CH3.Sn/c1-5-4-7(11)9(13-5)8-6(10)2-3-12-8;;;;/h2,4H,1H3;3*1H3;. The molecule has 0 radical (unpaired) electrons. The van der Waals surface area contributed by atoms with Crippen LogP contribution in [0.1, 0.15) is 4.88 Å². The van der Waals surface area contributed by atoms with Crippen molar-refractivity contribution < 1.29 is 0 Å². The summed E-state index contributed by atoms with van der Waals surface area (Å²) in [6.07, 6.45) is 0. The summed E-state index contributed by atoms with van der Waals surface area (Å²) < 4.78 is 4.10. The molecular weight excluding hydrogens is 487 g/mol. The molecule has 0 unspecified atom stereocenters.